The highest BCUT2D eigenvalue weighted by molar-refractivity contribution is 6.31. The number of benzene rings is 1. The summed E-state index contributed by atoms with van der Waals surface area (Å²) in [7, 11) is 0. The van der Waals surface area contributed by atoms with Crippen molar-refractivity contribution >= 4 is 23.4 Å². The summed E-state index contributed by atoms with van der Waals surface area (Å²) in [5.41, 5.74) is 2.10. The van der Waals surface area contributed by atoms with Gasteiger partial charge in [-0.15, -0.1) is 0 Å². The first-order valence-corrected chi connectivity index (χ1v) is 8.25. The fourth-order valence-electron chi connectivity index (χ4n) is 2.77. The predicted octanol–water partition coefficient (Wildman–Crippen LogP) is 1.90. The zero-order valence-electron chi connectivity index (χ0n) is 13.5. The number of H-pyrrole nitrogens is 1. The lowest BCUT2D eigenvalue weighted by Gasteiger charge is -2.34. The second kappa shape index (κ2) is 7.05. The van der Waals surface area contributed by atoms with Crippen molar-refractivity contribution in [2.24, 2.45) is 0 Å². The molecule has 1 aliphatic heterocycles. The Morgan fingerprint density at radius 3 is 2.46 bits per heavy atom. The third kappa shape index (κ3) is 3.59. The topological polar surface area (TPSA) is 69.3 Å². The van der Waals surface area contributed by atoms with E-state index in [9.17, 15) is 9.59 Å². The number of aryl methyl sites for hydroxylation is 1. The number of halogens is 1. The highest BCUT2D eigenvalue weighted by atomic mass is 35.5. The standard InChI is InChI=1S/C17H19ClN4O2/c1-12-10-15(20-19-12)17(24)22-8-6-21(7-9-22)16(23)11-13-4-2-3-5-14(13)18/h2-5,10H,6-9,11H2,1H3,(H,19,20). The molecule has 1 saturated heterocycles. The number of aromatic amines is 1. The molecule has 0 bridgehead atoms. The van der Waals surface area contributed by atoms with Crippen molar-refractivity contribution < 1.29 is 9.59 Å². The summed E-state index contributed by atoms with van der Waals surface area (Å²) in [6.45, 7) is 3.93. The minimum Gasteiger partial charge on any atom is -0.339 e. The Kier molecular flexibility index (Phi) is 4.85. The Morgan fingerprint density at radius 1 is 1.17 bits per heavy atom. The van der Waals surface area contributed by atoms with Crippen LogP contribution in [-0.4, -0.2) is 58.0 Å². The second-order valence-corrected chi connectivity index (χ2v) is 6.28. The normalized spacial score (nSPS) is 14.8. The molecule has 1 N–H and O–H groups in total. The molecule has 1 aromatic carbocycles. The molecule has 1 fully saturated rings. The zero-order valence-corrected chi connectivity index (χ0v) is 14.2. The van der Waals surface area contributed by atoms with Crippen LogP contribution in [0.2, 0.25) is 5.02 Å². The van der Waals surface area contributed by atoms with E-state index in [-0.39, 0.29) is 18.2 Å². The van der Waals surface area contributed by atoms with Gasteiger partial charge in [0.05, 0.1) is 6.42 Å². The predicted molar refractivity (Wildman–Crippen MR) is 91.0 cm³/mol. The van der Waals surface area contributed by atoms with Gasteiger partial charge in [0.1, 0.15) is 5.69 Å². The van der Waals surface area contributed by atoms with Gasteiger partial charge in [0.15, 0.2) is 0 Å². The van der Waals surface area contributed by atoms with Gasteiger partial charge in [0, 0.05) is 36.9 Å². The molecular formula is C17H19ClN4O2. The molecule has 1 aromatic heterocycles. The molecule has 3 rings (SSSR count). The van der Waals surface area contributed by atoms with Gasteiger partial charge in [0.2, 0.25) is 5.91 Å². The number of rotatable bonds is 3. The number of nitrogens with zero attached hydrogens (tertiary/aromatic N) is 3. The number of nitrogens with one attached hydrogen (secondary N) is 1. The van der Waals surface area contributed by atoms with E-state index in [1.165, 1.54) is 0 Å². The molecule has 0 saturated carbocycles. The van der Waals surface area contributed by atoms with E-state index in [1.807, 2.05) is 25.1 Å². The maximum atomic E-state index is 12.4. The lowest BCUT2D eigenvalue weighted by Crippen LogP contribution is -2.51. The average Bonchev–Trinajstić information content (AvgIpc) is 3.03. The fraction of sp³-hybridized carbons (Fsp3) is 0.353. The van der Waals surface area contributed by atoms with Crippen LogP contribution in [-0.2, 0) is 11.2 Å². The number of piperazine rings is 1. The first-order valence-electron chi connectivity index (χ1n) is 7.87. The molecule has 0 atom stereocenters. The Balaban J connectivity index is 1.56. The van der Waals surface area contributed by atoms with Crippen LogP contribution in [0.3, 0.4) is 0 Å². The van der Waals surface area contributed by atoms with Crippen LogP contribution in [0.5, 0.6) is 0 Å². The van der Waals surface area contributed by atoms with Crippen LogP contribution in [0.4, 0.5) is 0 Å². The van der Waals surface area contributed by atoms with Crippen molar-refractivity contribution in [2.75, 3.05) is 26.2 Å². The highest BCUT2D eigenvalue weighted by Gasteiger charge is 2.26. The first kappa shape index (κ1) is 16.5. The molecule has 0 aliphatic carbocycles. The molecule has 2 amide bonds. The molecule has 0 spiro atoms. The molecule has 2 heterocycles. The maximum absolute atomic E-state index is 12.4. The first-order chi connectivity index (χ1) is 11.5. The Morgan fingerprint density at radius 2 is 1.83 bits per heavy atom. The number of aromatic nitrogens is 2. The Hall–Kier alpha value is -2.34. The SMILES string of the molecule is Cc1cc(C(=O)N2CCN(C(=O)Cc3ccccc3Cl)CC2)n[nH]1. The number of carbonyl (C=O) groups is 2. The fourth-order valence-corrected chi connectivity index (χ4v) is 2.97. The summed E-state index contributed by atoms with van der Waals surface area (Å²) in [6, 6.07) is 9.10. The summed E-state index contributed by atoms with van der Waals surface area (Å²) in [5, 5.41) is 7.38. The van der Waals surface area contributed by atoms with Gasteiger partial charge in [-0.3, -0.25) is 14.7 Å². The summed E-state index contributed by atoms with van der Waals surface area (Å²) >= 11 is 6.11. The van der Waals surface area contributed by atoms with Gasteiger partial charge in [-0.1, -0.05) is 29.8 Å². The average molecular weight is 347 g/mol. The molecule has 6 nitrogen and oxygen atoms in total. The molecule has 0 radical (unpaired) electrons. The lowest BCUT2D eigenvalue weighted by atomic mass is 10.1. The van der Waals surface area contributed by atoms with E-state index < -0.39 is 0 Å². The Bertz CT molecular complexity index is 751. The third-order valence-corrected chi connectivity index (χ3v) is 4.51. The minimum atomic E-state index is -0.0995. The minimum absolute atomic E-state index is 0.0332. The molecule has 2 aromatic rings. The van der Waals surface area contributed by atoms with Gasteiger partial charge in [-0.05, 0) is 24.6 Å². The number of amides is 2. The quantitative estimate of drug-likeness (QED) is 0.922. The molecule has 24 heavy (non-hydrogen) atoms. The monoisotopic (exact) mass is 346 g/mol. The van der Waals surface area contributed by atoms with E-state index >= 15 is 0 Å². The van der Waals surface area contributed by atoms with Crippen molar-refractivity contribution in [3.05, 3.63) is 52.3 Å². The van der Waals surface area contributed by atoms with Crippen LogP contribution in [0.15, 0.2) is 30.3 Å². The van der Waals surface area contributed by atoms with Crippen LogP contribution in [0.25, 0.3) is 0 Å². The van der Waals surface area contributed by atoms with Crippen LogP contribution < -0.4 is 0 Å². The summed E-state index contributed by atoms with van der Waals surface area (Å²) in [5.74, 6) is -0.0663. The van der Waals surface area contributed by atoms with Crippen LogP contribution in [0, 0.1) is 6.92 Å². The molecule has 7 heteroatoms. The van der Waals surface area contributed by atoms with Crippen LogP contribution in [0.1, 0.15) is 21.7 Å². The van der Waals surface area contributed by atoms with Crippen molar-refractivity contribution in [1.82, 2.24) is 20.0 Å². The van der Waals surface area contributed by atoms with E-state index in [2.05, 4.69) is 10.2 Å². The number of carbonyl (C=O) groups excluding carboxylic acids is 2. The van der Waals surface area contributed by atoms with Crippen molar-refractivity contribution in [3.63, 3.8) is 0 Å². The third-order valence-electron chi connectivity index (χ3n) is 4.14. The van der Waals surface area contributed by atoms with E-state index in [4.69, 9.17) is 11.6 Å². The zero-order chi connectivity index (χ0) is 17.1. The molecular weight excluding hydrogens is 328 g/mol. The largest absolute Gasteiger partial charge is 0.339 e. The smallest absolute Gasteiger partial charge is 0.274 e. The van der Waals surface area contributed by atoms with E-state index in [0.29, 0.717) is 36.9 Å². The van der Waals surface area contributed by atoms with Crippen molar-refractivity contribution in [3.8, 4) is 0 Å². The Labute approximate surface area is 145 Å². The van der Waals surface area contributed by atoms with Crippen molar-refractivity contribution in [1.29, 1.82) is 0 Å². The van der Waals surface area contributed by atoms with E-state index in [1.54, 1.807) is 21.9 Å². The summed E-state index contributed by atoms with van der Waals surface area (Å²) < 4.78 is 0. The van der Waals surface area contributed by atoms with Gasteiger partial charge < -0.3 is 9.80 Å². The molecule has 1 aliphatic rings. The number of hydrogen-bond acceptors (Lipinski definition) is 3. The van der Waals surface area contributed by atoms with Gasteiger partial charge in [0.25, 0.3) is 5.91 Å². The summed E-state index contributed by atoms with van der Waals surface area (Å²) in [6.07, 6.45) is 0.284. The maximum Gasteiger partial charge on any atom is 0.274 e. The molecule has 126 valence electrons. The van der Waals surface area contributed by atoms with Gasteiger partial charge in [-0.25, -0.2) is 0 Å². The lowest BCUT2D eigenvalue weighted by molar-refractivity contribution is -0.131. The number of hydrogen-bond donors (Lipinski definition) is 1. The van der Waals surface area contributed by atoms with Crippen LogP contribution >= 0.6 is 11.6 Å². The highest BCUT2D eigenvalue weighted by Crippen LogP contribution is 2.17. The van der Waals surface area contributed by atoms with Gasteiger partial charge in [-0.2, -0.15) is 5.10 Å². The second-order valence-electron chi connectivity index (χ2n) is 5.88. The molecule has 0 unspecified atom stereocenters. The van der Waals surface area contributed by atoms with Gasteiger partial charge >= 0.3 is 0 Å². The van der Waals surface area contributed by atoms with E-state index in [0.717, 1.165) is 11.3 Å². The summed E-state index contributed by atoms with van der Waals surface area (Å²) in [4.78, 5) is 28.3. The van der Waals surface area contributed by atoms with Crippen molar-refractivity contribution in [2.45, 2.75) is 13.3 Å².